The summed E-state index contributed by atoms with van der Waals surface area (Å²) < 4.78 is 5.32. The molecule has 0 spiro atoms. The molecule has 6 nitrogen and oxygen atoms in total. The van der Waals surface area contributed by atoms with Gasteiger partial charge in [-0.3, -0.25) is 4.79 Å². The van der Waals surface area contributed by atoms with E-state index in [9.17, 15) is 4.79 Å². The van der Waals surface area contributed by atoms with Crippen LogP contribution in [0.5, 0.6) is 0 Å². The normalized spacial score (nSPS) is 21.6. The lowest BCUT2D eigenvalue weighted by atomic mass is 10.0. The molecule has 1 amide bonds. The number of morpholine rings is 1. The third-order valence-corrected chi connectivity index (χ3v) is 4.37. The molecule has 3 rings (SSSR count). The van der Waals surface area contributed by atoms with Crippen LogP contribution in [0.1, 0.15) is 12.0 Å². The van der Waals surface area contributed by atoms with E-state index in [1.807, 2.05) is 12.1 Å². The van der Waals surface area contributed by atoms with Crippen LogP contribution >= 0.6 is 11.6 Å². The van der Waals surface area contributed by atoms with E-state index in [-0.39, 0.29) is 5.91 Å². The van der Waals surface area contributed by atoms with Gasteiger partial charge in [0.1, 0.15) is 13.1 Å². The summed E-state index contributed by atoms with van der Waals surface area (Å²) in [5, 5.41) is 7.63. The molecule has 7 heteroatoms. The zero-order chi connectivity index (χ0) is 16.1. The highest BCUT2D eigenvalue weighted by atomic mass is 35.5. The molecule has 0 aliphatic carbocycles. The number of rotatable bonds is 5. The first-order valence-electron chi connectivity index (χ1n) is 7.90. The highest BCUT2D eigenvalue weighted by Crippen LogP contribution is 2.18. The minimum atomic E-state index is -0.541. The topological polar surface area (TPSA) is 64.4 Å². The second kappa shape index (κ2) is 7.77. The van der Waals surface area contributed by atoms with Crippen LogP contribution in [0.2, 0.25) is 5.02 Å². The number of amides is 1. The first kappa shape index (κ1) is 16.2. The average Bonchev–Trinajstić information content (AvgIpc) is 3.06. The first-order chi connectivity index (χ1) is 11.2. The number of hydrogen-bond donors (Lipinski definition) is 2. The van der Waals surface area contributed by atoms with E-state index >= 15 is 0 Å². The summed E-state index contributed by atoms with van der Waals surface area (Å²) >= 11 is 5.87. The summed E-state index contributed by atoms with van der Waals surface area (Å²) in [6.07, 6.45) is -0.0573. The minimum Gasteiger partial charge on any atom is -0.382 e. The fraction of sp³-hybridized carbons (Fsp3) is 0.500. The number of quaternary nitrogens is 1. The SMILES string of the molecule is O=C(NCC[NH+]1CCOCC1)[C@H]1CC(c2ccc(Cl)cc2)=NO1. The summed E-state index contributed by atoms with van der Waals surface area (Å²) in [5.74, 6) is -0.106. The average molecular weight is 339 g/mol. The predicted molar refractivity (Wildman–Crippen MR) is 86.9 cm³/mol. The molecule has 0 unspecified atom stereocenters. The Kier molecular flexibility index (Phi) is 5.48. The van der Waals surface area contributed by atoms with Crippen molar-refractivity contribution in [2.75, 3.05) is 39.4 Å². The van der Waals surface area contributed by atoms with Crippen LogP contribution < -0.4 is 10.2 Å². The van der Waals surface area contributed by atoms with Gasteiger partial charge < -0.3 is 19.8 Å². The zero-order valence-corrected chi connectivity index (χ0v) is 13.6. The van der Waals surface area contributed by atoms with Crippen LogP contribution in [-0.2, 0) is 14.4 Å². The standard InChI is InChI=1S/C16H20ClN3O3/c17-13-3-1-12(2-4-13)14-11-15(23-19-14)16(21)18-5-6-20-7-9-22-10-8-20/h1-4,15H,5-11H2,(H,18,21)/p+1/t15-/m1/s1. The van der Waals surface area contributed by atoms with Crippen LogP contribution in [0.15, 0.2) is 29.4 Å². The summed E-state index contributed by atoms with van der Waals surface area (Å²) in [4.78, 5) is 18.9. The van der Waals surface area contributed by atoms with Crippen LogP contribution in [0.3, 0.4) is 0 Å². The second-order valence-corrected chi connectivity index (χ2v) is 6.18. The number of hydrogen-bond acceptors (Lipinski definition) is 4. The Balaban J connectivity index is 1.42. The summed E-state index contributed by atoms with van der Waals surface area (Å²) in [7, 11) is 0. The van der Waals surface area contributed by atoms with Gasteiger partial charge in [-0.1, -0.05) is 28.9 Å². The summed E-state index contributed by atoms with van der Waals surface area (Å²) in [6.45, 7) is 5.15. The maximum absolute atomic E-state index is 12.2. The second-order valence-electron chi connectivity index (χ2n) is 5.75. The van der Waals surface area contributed by atoms with Gasteiger partial charge in [0.05, 0.1) is 32.0 Å². The molecule has 2 N–H and O–H groups in total. The first-order valence-corrected chi connectivity index (χ1v) is 8.28. The van der Waals surface area contributed by atoms with Crippen LogP contribution in [-0.4, -0.2) is 57.1 Å². The van der Waals surface area contributed by atoms with Gasteiger partial charge in [0.25, 0.3) is 5.91 Å². The van der Waals surface area contributed by atoms with E-state index in [2.05, 4.69) is 10.5 Å². The van der Waals surface area contributed by atoms with Crippen LogP contribution in [0, 0.1) is 0 Å². The van der Waals surface area contributed by atoms with Crippen molar-refractivity contribution in [2.45, 2.75) is 12.5 Å². The number of carbonyl (C=O) groups is 1. The number of carbonyl (C=O) groups excluding carboxylic acids is 1. The Morgan fingerprint density at radius 2 is 2.04 bits per heavy atom. The van der Waals surface area contributed by atoms with Gasteiger partial charge in [-0.05, 0) is 17.7 Å². The number of halogens is 1. The minimum absolute atomic E-state index is 0.106. The third kappa shape index (κ3) is 4.43. The van der Waals surface area contributed by atoms with Crippen molar-refractivity contribution >= 4 is 23.2 Å². The van der Waals surface area contributed by atoms with Crippen molar-refractivity contribution in [3.05, 3.63) is 34.9 Å². The van der Waals surface area contributed by atoms with Crippen LogP contribution in [0.4, 0.5) is 0 Å². The van der Waals surface area contributed by atoms with Crippen LogP contribution in [0.25, 0.3) is 0 Å². The van der Waals surface area contributed by atoms with Crippen molar-refractivity contribution in [3.8, 4) is 0 Å². The van der Waals surface area contributed by atoms with Gasteiger partial charge in [0.15, 0.2) is 0 Å². The Morgan fingerprint density at radius 1 is 1.30 bits per heavy atom. The quantitative estimate of drug-likeness (QED) is 0.786. The molecule has 2 heterocycles. The number of benzene rings is 1. The van der Waals surface area contributed by atoms with E-state index in [1.54, 1.807) is 12.1 Å². The predicted octanol–water partition coefficient (Wildman–Crippen LogP) is -0.136. The molecule has 1 saturated heterocycles. The van der Waals surface area contributed by atoms with Gasteiger partial charge in [-0.25, -0.2) is 0 Å². The largest absolute Gasteiger partial charge is 0.382 e. The maximum atomic E-state index is 12.2. The van der Waals surface area contributed by atoms with Crippen molar-refractivity contribution in [2.24, 2.45) is 5.16 Å². The van der Waals surface area contributed by atoms with E-state index < -0.39 is 6.10 Å². The van der Waals surface area contributed by atoms with Crippen molar-refractivity contribution in [1.82, 2.24) is 5.32 Å². The molecule has 23 heavy (non-hydrogen) atoms. The molecule has 0 bridgehead atoms. The van der Waals surface area contributed by atoms with E-state index in [4.69, 9.17) is 21.2 Å². The molecular formula is C16H21ClN3O3+. The molecule has 124 valence electrons. The molecule has 1 fully saturated rings. The summed E-state index contributed by atoms with van der Waals surface area (Å²) in [6, 6.07) is 7.37. The van der Waals surface area contributed by atoms with Gasteiger partial charge >= 0.3 is 0 Å². The fourth-order valence-corrected chi connectivity index (χ4v) is 2.84. The highest BCUT2D eigenvalue weighted by molar-refractivity contribution is 6.30. The van der Waals surface area contributed by atoms with Gasteiger partial charge in [0.2, 0.25) is 6.10 Å². The molecule has 1 aromatic rings. The molecule has 0 aromatic heterocycles. The lowest BCUT2D eigenvalue weighted by Gasteiger charge is -2.23. The van der Waals surface area contributed by atoms with Gasteiger partial charge in [-0.2, -0.15) is 0 Å². The number of nitrogens with zero attached hydrogens (tertiary/aromatic N) is 1. The molecule has 2 aliphatic heterocycles. The molecule has 1 atom stereocenters. The Hall–Kier alpha value is -1.63. The lowest BCUT2D eigenvalue weighted by Crippen LogP contribution is -3.14. The molecule has 0 radical (unpaired) electrons. The third-order valence-electron chi connectivity index (χ3n) is 4.12. The molecule has 1 aromatic carbocycles. The number of nitrogens with one attached hydrogen (secondary N) is 2. The Labute approximate surface area is 140 Å². The van der Waals surface area contributed by atoms with Crippen molar-refractivity contribution < 1.29 is 19.3 Å². The zero-order valence-electron chi connectivity index (χ0n) is 12.9. The summed E-state index contributed by atoms with van der Waals surface area (Å²) in [5.41, 5.74) is 1.71. The fourth-order valence-electron chi connectivity index (χ4n) is 2.72. The van der Waals surface area contributed by atoms with Gasteiger partial charge in [0, 0.05) is 11.4 Å². The van der Waals surface area contributed by atoms with E-state index in [1.165, 1.54) is 4.90 Å². The van der Waals surface area contributed by atoms with E-state index in [0.29, 0.717) is 18.0 Å². The number of oxime groups is 1. The van der Waals surface area contributed by atoms with Crippen molar-refractivity contribution in [3.63, 3.8) is 0 Å². The lowest BCUT2D eigenvalue weighted by molar-refractivity contribution is -0.906. The van der Waals surface area contributed by atoms with E-state index in [0.717, 1.165) is 44.1 Å². The Bertz CT molecular complexity index is 570. The van der Waals surface area contributed by atoms with Gasteiger partial charge in [-0.15, -0.1) is 0 Å². The molecule has 2 aliphatic rings. The Morgan fingerprint density at radius 3 is 2.78 bits per heavy atom. The highest BCUT2D eigenvalue weighted by Gasteiger charge is 2.28. The monoisotopic (exact) mass is 338 g/mol. The smallest absolute Gasteiger partial charge is 0.264 e. The number of ether oxygens (including phenoxy) is 1. The molecular weight excluding hydrogens is 318 g/mol. The maximum Gasteiger partial charge on any atom is 0.264 e. The van der Waals surface area contributed by atoms with Crippen molar-refractivity contribution in [1.29, 1.82) is 0 Å². The molecule has 0 saturated carbocycles.